The first-order valence-electron chi connectivity index (χ1n) is 9.18. The van der Waals surface area contributed by atoms with Gasteiger partial charge in [-0.05, 0) is 38.3 Å². The van der Waals surface area contributed by atoms with E-state index in [1.807, 2.05) is 6.92 Å². The van der Waals surface area contributed by atoms with E-state index in [1.165, 1.54) is 18.2 Å². The van der Waals surface area contributed by atoms with Gasteiger partial charge in [0.1, 0.15) is 5.82 Å². The molecular formula is C22H23F3O2. The lowest BCUT2D eigenvalue weighted by atomic mass is 9.95. The molecule has 0 aromatic heterocycles. The summed E-state index contributed by atoms with van der Waals surface area (Å²) in [6.45, 7) is 4.65. The molecule has 1 saturated heterocycles. The van der Waals surface area contributed by atoms with E-state index in [0.717, 1.165) is 6.42 Å². The van der Waals surface area contributed by atoms with Crippen LogP contribution in [0.1, 0.15) is 43.9 Å². The van der Waals surface area contributed by atoms with Crippen molar-refractivity contribution in [3.63, 3.8) is 0 Å². The van der Waals surface area contributed by atoms with Crippen molar-refractivity contribution < 1.29 is 22.6 Å². The summed E-state index contributed by atoms with van der Waals surface area (Å²) in [5, 5.41) is 0. The predicted octanol–water partition coefficient (Wildman–Crippen LogP) is 6.06. The van der Waals surface area contributed by atoms with Crippen LogP contribution in [-0.4, -0.2) is 19.3 Å². The SMILES string of the molecule is C/C=C/c1ccc(-c2ccc(C3CCC(OCC)CO3)c(F)c2F)cc1F. The standard InChI is InChI=1S/C22H23F3O2/c1-3-5-14-6-7-15(12-19(14)23)17-9-10-18(22(25)21(17)24)20-11-8-16(13-27-20)26-4-2/h3,5-7,9-10,12,16,20H,4,8,11,13H2,1-2H3/b5-3+. The molecule has 2 aromatic carbocycles. The normalized spacial score (nSPS) is 20.3. The molecule has 1 aliphatic heterocycles. The summed E-state index contributed by atoms with van der Waals surface area (Å²) in [5.74, 6) is -2.40. The molecule has 0 radical (unpaired) electrons. The van der Waals surface area contributed by atoms with Gasteiger partial charge in [-0.15, -0.1) is 0 Å². The molecule has 0 spiro atoms. The van der Waals surface area contributed by atoms with Crippen molar-refractivity contribution in [2.75, 3.05) is 13.2 Å². The average molecular weight is 376 g/mol. The largest absolute Gasteiger partial charge is 0.376 e. The first kappa shape index (κ1) is 19.6. The third-order valence-corrected chi connectivity index (χ3v) is 4.75. The molecule has 1 aliphatic rings. The summed E-state index contributed by atoms with van der Waals surface area (Å²) in [6.07, 6.45) is 4.13. The molecule has 2 atom stereocenters. The molecule has 1 heterocycles. The van der Waals surface area contributed by atoms with E-state index in [4.69, 9.17) is 9.47 Å². The second kappa shape index (κ2) is 8.72. The van der Waals surface area contributed by atoms with Crippen LogP contribution in [0.2, 0.25) is 0 Å². The molecule has 3 rings (SSSR count). The molecule has 27 heavy (non-hydrogen) atoms. The second-order valence-corrected chi connectivity index (χ2v) is 6.54. The number of halogens is 3. The number of ether oxygens (including phenoxy) is 2. The van der Waals surface area contributed by atoms with Gasteiger partial charge in [-0.25, -0.2) is 13.2 Å². The maximum Gasteiger partial charge on any atom is 0.167 e. The van der Waals surface area contributed by atoms with Gasteiger partial charge in [-0.2, -0.15) is 0 Å². The molecule has 144 valence electrons. The molecule has 1 fully saturated rings. The molecule has 5 heteroatoms. The van der Waals surface area contributed by atoms with E-state index in [-0.39, 0.29) is 17.2 Å². The fraction of sp³-hybridized carbons (Fsp3) is 0.364. The van der Waals surface area contributed by atoms with Crippen molar-refractivity contribution in [3.05, 3.63) is 65.0 Å². The summed E-state index contributed by atoms with van der Waals surface area (Å²) in [6, 6.07) is 7.36. The number of allylic oxidation sites excluding steroid dienone is 1. The van der Waals surface area contributed by atoms with Crippen molar-refractivity contribution >= 4 is 6.08 Å². The van der Waals surface area contributed by atoms with Gasteiger partial charge in [0.15, 0.2) is 11.6 Å². The van der Waals surface area contributed by atoms with E-state index in [0.29, 0.717) is 30.8 Å². The Bertz CT molecular complexity index is 825. The van der Waals surface area contributed by atoms with E-state index in [9.17, 15) is 13.2 Å². The lowest BCUT2D eigenvalue weighted by Gasteiger charge is -2.29. The first-order valence-corrected chi connectivity index (χ1v) is 9.18. The van der Waals surface area contributed by atoms with Crippen LogP contribution in [0.5, 0.6) is 0 Å². The smallest absolute Gasteiger partial charge is 0.167 e. The van der Waals surface area contributed by atoms with Gasteiger partial charge < -0.3 is 9.47 Å². The lowest BCUT2D eigenvalue weighted by molar-refractivity contribution is -0.0850. The van der Waals surface area contributed by atoms with Gasteiger partial charge >= 0.3 is 0 Å². The zero-order valence-electron chi connectivity index (χ0n) is 15.5. The van der Waals surface area contributed by atoms with Crippen LogP contribution in [0.4, 0.5) is 13.2 Å². The van der Waals surface area contributed by atoms with Gasteiger partial charge in [-0.1, -0.05) is 36.4 Å². The molecule has 2 unspecified atom stereocenters. The number of rotatable bonds is 5. The molecule has 0 saturated carbocycles. The van der Waals surface area contributed by atoms with Gasteiger partial charge in [0.25, 0.3) is 0 Å². The minimum atomic E-state index is -0.985. The summed E-state index contributed by atoms with van der Waals surface area (Å²) >= 11 is 0. The summed E-state index contributed by atoms with van der Waals surface area (Å²) in [7, 11) is 0. The Kier molecular flexibility index (Phi) is 6.34. The zero-order chi connectivity index (χ0) is 19.4. The summed E-state index contributed by atoms with van der Waals surface area (Å²) in [5.41, 5.74) is 0.922. The van der Waals surface area contributed by atoms with Gasteiger partial charge in [0.2, 0.25) is 0 Å². The Labute approximate surface area is 157 Å². The Morgan fingerprint density at radius 2 is 1.93 bits per heavy atom. The minimum Gasteiger partial charge on any atom is -0.376 e. The molecule has 0 amide bonds. The molecule has 0 bridgehead atoms. The lowest BCUT2D eigenvalue weighted by Crippen LogP contribution is -2.28. The van der Waals surface area contributed by atoms with Crippen LogP contribution in [0.15, 0.2) is 36.4 Å². The van der Waals surface area contributed by atoms with E-state index >= 15 is 0 Å². The average Bonchev–Trinajstić information content (AvgIpc) is 2.67. The van der Waals surface area contributed by atoms with E-state index in [1.54, 1.807) is 31.2 Å². The number of hydrogen-bond donors (Lipinski definition) is 0. The Morgan fingerprint density at radius 3 is 2.56 bits per heavy atom. The molecule has 2 aromatic rings. The zero-order valence-corrected chi connectivity index (χ0v) is 15.5. The van der Waals surface area contributed by atoms with Crippen molar-refractivity contribution in [2.24, 2.45) is 0 Å². The van der Waals surface area contributed by atoms with Crippen LogP contribution < -0.4 is 0 Å². The highest BCUT2D eigenvalue weighted by Gasteiger charge is 2.27. The van der Waals surface area contributed by atoms with Crippen LogP contribution in [0.25, 0.3) is 17.2 Å². The second-order valence-electron chi connectivity index (χ2n) is 6.54. The Hall–Kier alpha value is -2.11. The summed E-state index contributed by atoms with van der Waals surface area (Å²) < 4.78 is 54.7. The molecule has 0 N–H and O–H groups in total. The summed E-state index contributed by atoms with van der Waals surface area (Å²) in [4.78, 5) is 0. The molecule has 0 aliphatic carbocycles. The van der Waals surface area contributed by atoms with Crippen LogP contribution >= 0.6 is 0 Å². The third-order valence-electron chi connectivity index (χ3n) is 4.75. The van der Waals surface area contributed by atoms with Crippen molar-refractivity contribution in [3.8, 4) is 11.1 Å². The Morgan fingerprint density at radius 1 is 1.11 bits per heavy atom. The van der Waals surface area contributed by atoms with Gasteiger partial charge in [0.05, 0.1) is 18.8 Å². The van der Waals surface area contributed by atoms with Crippen LogP contribution in [-0.2, 0) is 9.47 Å². The van der Waals surface area contributed by atoms with Gasteiger partial charge in [0, 0.05) is 23.3 Å². The fourth-order valence-electron chi connectivity index (χ4n) is 3.39. The van der Waals surface area contributed by atoms with E-state index in [2.05, 4.69) is 0 Å². The number of hydrogen-bond acceptors (Lipinski definition) is 2. The minimum absolute atomic E-state index is 0.00269. The monoisotopic (exact) mass is 376 g/mol. The van der Waals surface area contributed by atoms with Crippen LogP contribution in [0.3, 0.4) is 0 Å². The highest BCUT2D eigenvalue weighted by Crippen LogP contribution is 2.35. The van der Waals surface area contributed by atoms with Crippen molar-refractivity contribution in [2.45, 2.75) is 38.9 Å². The topological polar surface area (TPSA) is 18.5 Å². The van der Waals surface area contributed by atoms with E-state index < -0.39 is 23.6 Å². The number of benzene rings is 2. The highest BCUT2D eigenvalue weighted by atomic mass is 19.2. The maximum atomic E-state index is 14.7. The third kappa shape index (κ3) is 4.25. The molecular weight excluding hydrogens is 353 g/mol. The predicted molar refractivity (Wildman–Crippen MR) is 99.8 cm³/mol. The highest BCUT2D eigenvalue weighted by molar-refractivity contribution is 5.67. The first-order chi connectivity index (χ1) is 13.0. The maximum absolute atomic E-state index is 14.7. The quantitative estimate of drug-likeness (QED) is 0.631. The van der Waals surface area contributed by atoms with Crippen molar-refractivity contribution in [1.82, 2.24) is 0 Å². The van der Waals surface area contributed by atoms with Gasteiger partial charge in [-0.3, -0.25) is 0 Å². The fourth-order valence-corrected chi connectivity index (χ4v) is 3.39. The Balaban J connectivity index is 1.85. The molecule has 2 nitrogen and oxygen atoms in total. The van der Waals surface area contributed by atoms with Crippen molar-refractivity contribution in [1.29, 1.82) is 0 Å². The van der Waals surface area contributed by atoms with Crippen LogP contribution in [0, 0.1) is 17.5 Å².